The molecule has 0 saturated carbocycles. The quantitative estimate of drug-likeness (QED) is 0.930. The molecule has 0 bridgehead atoms. The zero-order valence-electron chi connectivity index (χ0n) is 11.8. The molecule has 1 fully saturated rings. The number of aliphatic carboxylic acids is 1. The van der Waals surface area contributed by atoms with E-state index in [1.165, 1.54) is 12.1 Å². The van der Waals surface area contributed by atoms with E-state index in [4.69, 9.17) is 5.11 Å². The maximum atomic E-state index is 12.9. The SMILES string of the molecule is CC1(C(=O)O)CCN(Cc2ccccc2C(F)(F)F)CC1. The van der Waals surface area contributed by atoms with Crippen LogP contribution in [-0.2, 0) is 17.5 Å². The van der Waals surface area contributed by atoms with Gasteiger partial charge in [0.15, 0.2) is 0 Å². The highest BCUT2D eigenvalue weighted by Crippen LogP contribution is 2.35. The highest BCUT2D eigenvalue weighted by molar-refractivity contribution is 5.74. The number of halogens is 3. The van der Waals surface area contributed by atoms with Crippen LogP contribution in [0, 0.1) is 5.41 Å². The number of carboxylic acids is 1. The second kappa shape index (κ2) is 5.67. The molecule has 1 aromatic rings. The van der Waals surface area contributed by atoms with Crippen molar-refractivity contribution >= 4 is 5.97 Å². The van der Waals surface area contributed by atoms with Crippen molar-refractivity contribution in [3.05, 3.63) is 35.4 Å². The van der Waals surface area contributed by atoms with Gasteiger partial charge in [-0.3, -0.25) is 9.69 Å². The first-order valence-electron chi connectivity index (χ1n) is 6.83. The van der Waals surface area contributed by atoms with Gasteiger partial charge < -0.3 is 5.11 Å². The highest BCUT2D eigenvalue weighted by Gasteiger charge is 2.38. The minimum Gasteiger partial charge on any atom is -0.481 e. The zero-order chi connectivity index (χ0) is 15.7. The smallest absolute Gasteiger partial charge is 0.416 e. The molecule has 6 heteroatoms. The van der Waals surface area contributed by atoms with E-state index in [1.807, 2.05) is 4.90 Å². The lowest BCUT2D eigenvalue weighted by Crippen LogP contribution is -2.42. The fourth-order valence-corrected chi connectivity index (χ4v) is 2.59. The Balaban J connectivity index is 2.07. The van der Waals surface area contributed by atoms with Crippen LogP contribution in [0.3, 0.4) is 0 Å². The van der Waals surface area contributed by atoms with Gasteiger partial charge in [0, 0.05) is 6.54 Å². The Morgan fingerprint density at radius 1 is 1.29 bits per heavy atom. The third kappa shape index (κ3) is 3.56. The van der Waals surface area contributed by atoms with Crippen molar-refractivity contribution in [2.75, 3.05) is 13.1 Å². The molecule has 1 aliphatic heterocycles. The molecule has 1 aliphatic rings. The first-order valence-corrected chi connectivity index (χ1v) is 6.83. The van der Waals surface area contributed by atoms with Crippen molar-refractivity contribution in [2.45, 2.75) is 32.5 Å². The molecule has 0 aromatic heterocycles. The summed E-state index contributed by atoms with van der Waals surface area (Å²) in [6.45, 7) is 2.88. The fourth-order valence-electron chi connectivity index (χ4n) is 2.59. The zero-order valence-corrected chi connectivity index (χ0v) is 11.8. The Labute approximate surface area is 121 Å². The topological polar surface area (TPSA) is 40.5 Å². The van der Waals surface area contributed by atoms with E-state index >= 15 is 0 Å². The maximum Gasteiger partial charge on any atom is 0.416 e. The van der Waals surface area contributed by atoms with Crippen LogP contribution < -0.4 is 0 Å². The van der Waals surface area contributed by atoms with Crippen molar-refractivity contribution in [3.8, 4) is 0 Å². The average Bonchev–Trinajstić information content (AvgIpc) is 2.41. The number of likely N-dealkylation sites (tertiary alicyclic amines) is 1. The van der Waals surface area contributed by atoms with E-state index in [-0.39, 0.29) is 12.1 Å². The molecule has 0 aliphatic carbocycles. The molecule has 116 valence electrons. The van der Waals surface area contributed by atoms with Crippen molar-refractivity contribution in [3.63, 3.8) is 0 Å². The van der Waals surface area contributed by atoms with Crippen LogP contribution >= 0.6 is 0 Å². The Hall–Kier alpha value is -1.56. The minimum atomic E-state index is -4.36. The Morgan fingerprint density at radius 2 is 1.86 bits per heavy atom. The van der Waals surface area contributed by atoms with Crippen LogP contribution in [0.4, 0.5) is 13.2 Å². The summed E-state index contributed by atoms with van der Waals surface area (Å²) >= 11 is 0. The first kappa shape index (κ1) is 15.8. The lowest BCUT2D eigenvalue weighted by molar-refractivity contribution is -0.150. The van der Waals surface area contributed by atoms with Crippen LogP contribution in [0.5, 0.6) is 0 Å². The van der Waals surface area contributed by atoms with E-state index in [0.717, 1.165) is 6.07 Å². The van der Waals surface area contributed by atoms with Gasteiger partial charge in [-0.25, -0.2) is 0 Å². The van der Waals surface area contributed by atoms with E-state index in [9.17, 15) is 18.0 Å². The molecule has 1 aromatic carbocycles. The normalized spacial score (nSPS) is 19.4. The molecule has 1 saturated heterocycles. The third-order valence-corrected chi connectivity index (χ3v) is 4.19. The third-order valence-electron chi connectivity index (χ3n) is 4.19. The number of alkyl halides is 3. The lowest BCUT2D eigenvalue weighted by Gasteiger charge is -2.36. The first-order chi connectivity index (χ1) is 9.72. The summed E-state index contributed by atoms with van der Waals surface area (Å²) < 4.78 is 38.8. The van der Waals surface area contributed by atoms with Crippen LogP contribution in [0.15, 0.2) is 24.3 Å². The maximum absolute atomic E-state index is 12.9. The predicted molar refractivity (Wildman–Crippen MR) is 71.7 cm³/mol. The summed E-state index contributed by atoms with van der Waals surface area (Å²) in [6, 6.07) is 5.54. The van der Waals surface area contributed by atoms with E-state index < -0.39 is 23.1 Å². The molecular formula is C15H18F3NO2. The Bertz CT molecular complexity index is 520. The van der Waals surface area contributed by atoms with Gasteiger partial charge in [-0.2, -0.15) is 13.2 Å². The lowest BCUT2D eigenvalue weighted by atomic mass is 9.80. The van der Waals surface area contributed by atoms with Crippen LogP contribution in [0.1, 0.15) is 30.9 Å². The minimum absolute atomic E-state index is 0.200. The number of rotatable bonds is 3. The summed E-state index contributed by atoms with van der Waals surface area (Å²) in [5.41, 5.74) is -1.14. The van der Waals surface area contributed by atoms with Crippen LogP contribution in [-0.4, -0.2) is 29.1 Å². The molecule has 0 amide bonds. The van der Waals surface area contributed by atoms with Crippen molar-refractivity contribution < 1.29 is 23.1 Å². The number of hydrogen-bond acceptors (Lipinski definition) is 2. The van der Waals surface area contributed by atoms with Gasteiger partial charge >= 0.3 is 12.1 Å². The summed E-state index contributed by atoms with van der Waals surface area (Å²) in [5, 5.41) is 9.16. The molecule has 1 heterocycles. The summed E-state index contributed by atoms with van der Waals surface area (Å²) in [4.78, 5) is 13.0. The number of benzene rings is 1. The average molecular weight is 301 g/mol. The number of carboxylic acid groups (broad SMARTS) is 1. The van der Waals surface area contributed by atoms with Gasteiger partial charge in [0.25, 0.3) is 0 Å². The van der Waals surface area contributed by atoms with Crippen molar-refractivity contribution in [1.29, 1.82) is 0 Å². The molecule has 0 unspecified atom stereocenters. The van der Waals surface area contributed by atoms with Gasteiger partial charge in [-0.15, -0.1) is 0 Å². The molecule has 21 heavy (non-hydrogen) atoms. The number of hydrogen-bond donors (Lipinski definition) is 1. The monoisotopic (exact) mass is 301 g/mol. The van der Waals surface area contributed by atoms with E-state index in [0.29, 0.717) is 25.9 Å². The number of nitrogens with zero attached hydrogens (tertiary/aromatic N) is 1. The number of piperidine rings is 1. The second-order valence-electron chi connectivity index (χ2n) is 5.80. The standard InChI is InChI=1S/C15H18F3NO2/c1-14(13(20)21)6-8-19(9-7-14)10-11-4-2-3-5-12(11)15(16,17)18/h2-5H,6-10H2,1H3,(H,20,21). The molecule has 0 spiro atoms. The highest BCUT2D eigenvalue weighted by atomic mass is 19.4. The van der Waals surface area contributed by atoms with Gasteiger partial charge in [0.05, 0.1) is 11.0 Å². The molecule has 0 radical (unpaired) electrons. The largest absolute Gasteiger partial charge is 0.481 e. The van der Waals surface area contributed by atoms with Gasteiger partial charge in [-0.05, 0) is 44.5 Å². The van der Waals surface area contributed by atoms with Gasteiger partial charge in [0.1, 0.15) is 0 Å². The van der Waals surface area contributed by atoms with Crippen LogP contribution in [0.25, 0.3) is 0 Å². The van der Waals surface area contributed by atoms with Gasteiger partial charge in [0.2, 0.25) is 0 Å². The molecule has 2 rings (SSSR count). The molecule has 0 atom stereocenters. The summed E-state index contributed by atoms with van der Waals surface area (Å²) in [5.74, 6) is -0.835. The Morgan fingerprint density at radius 3 is 2.38 bits per heavy atom. The predicted octanol–water partition coefficient (Wildman–Crippen LogP) is 3.39. The summed E-state index contributed by atoms with van der Waals surface area (Å²) in [6.07, 6.45) is -3.45. The van der Waals surface area contributed by atoms with Crippen molar-refractivity contribution in [2.24, 2.45) is 5.41 Å². The van der Waals surface area contributed by atoms with Crippen molar-refractivity contribution in [1.82, 2.24) is 4.90 Å². The molecule has 3 nitrogen and oxygen atoms in total. The summed E-state index contributed by atoms with van der Waals surface area (Å²) in [7, 11) is 0. The fraction of sp³-hybridized carbons (Fsp3) is 0.533. The molecular weight excluding hydrogens is 283 g/mol. The van der Waals surface area contributed by atoms with E-state index in [2.05, 4.69) is 0 Å². The Kier molecular flexibility index (Phi) is 4.27. The molecule has 1 N–H and O–H groups in total. The van der Waals surface area contributed by atoms with Crippen LogP contribution in [0.2, 0.25) is 0 Å². The van der Waals surface area contributed by atoms with Gasteiger partial charge in [-0.1, -0.05) is 18.2 Å². The second-order valence-corrected chi connectivity index (χ2v) is 5.80. The van der Waals surface area contributed by atoms with E-state index in [1.54, 1.807) is 13.0 Å². The number of carbonyl (C=O) groups is 1.